The standard InChI is InChI=1S/C20H25NO6/c22-16-6-4-9-19(12-16)26-14-17(23)13-21-10-5-11-25-20(24)15-27-18-7-2-1-3-8-18/h1-4,6-9,12,17,21-23H,5,10-11,13-15H2. The fourth-order valence-corrected chi connectivity index (χ4v) is 2.18. The van der Waals surface area contributed by atoms with E-state index >= 15 is 0 Å². The average Bonchev–Trinajstić information content (AvgIpc) is 2.68. The largest absolute Gasteiger partial charge is 0.508 e. The summed E-state index contributed by atoms with van der Waals surface area (Å²) in [6, 6.07) is 15.5. The Labute approximate surface area is 158 Å². The molecule has 0 spiro atoms. The second-order valence-electron chi connectivity index (χ2n) is 5.84. The summed E-state index contributed by atoms with van der Waals surface area (Å²) in [7, 11) is 0. The molecule has 0 bridgehead atoms. The lowest BCUT2D eigenvalue weighted by molar-refractivity contribution is -0.146. The highest BCUT2D eigenvalue weighted by molar-refractivity contribution is 5.71. The molecule has 2 rings (SSSR count). The highest BCUT2D eigenvalue weighted by atomic mass is 16.6. The topological polar surface area (TPSA) is 97.3 Å². The molecule has 146 valence electrons. The second-order valence-corrected chi connectivity index (χ2v) is 5.84. The molecular formula is C20H25NO6. The van der Waals surface area contributed by atoms with Crippen LogP contribution in [0.25, 0.3) is 0 Å². The third kappa shape index (κ3) is 8.94. The fourth-order valence-electron chi connectivity index (χ4n) is 2.18. The minimum Gasteiger partial charge on any atom is -0.508 e. The van der Waals surface area contributed by atoms with E-state index in [4.69, 9.17) is 14.2 Å². The van der Waals surface area contributed by atoms with Crippen LogP contribution in [-0.4, -0.2) is 55.2 Å². The van der Waals surface area contributed by atoms with Crippen LogP contribution in [0, 0.1) is 0 Å². The molecule has 0 aromatic heterocycles. The molecule has 27 heavy (non-hydrogen) atoms. The molecule has 0 aliphatic heterocycles. The molecule has 0 saturated carbocycles. The minimum atomic E-state index is -0.686. The van der Waals surface area contributed by atoms with Gasteiger partial charge in [-0.1, -0.05) is 24.3 Å². The Morgan fingerprint density at radius 1 is 1.04 bits per heavy atom. The summed E-state index contributed by atoms with van der Waals surface area (Å²) < 4.78 is 15.8. The summed E-state index contributed by atoms with van der Waals surface area (Å²) in [5.74, 6) is 0.818. The molecule has 2 aromatic rings. The lowest BCUT2D eigenvalue weighted by Crippen LogP contribution is -2.32. The van der Waals surface area contributed by atoms with Crippen LogP contribution in [0.5, 0.6) is 17.2 Å². The first-order chi connectivity index (χ1) is 13.1. The number of phenolic OH excluding ortho intramolecular Hbond substituents is 1. The van der Waals surface area contributed by atoms with Gasteiger partial charge < -0.3 is 29.7 Å². The molecule has 0 aliphatic rings. The van der Waals surface area contributed by atoms with Gasteiger partial charge in [0.15, 0.2) is 6.61 Å². The number of ether oxygens (including phenoxy) is 3. The Morgan fingerprint density at radius 3 is 2.59 bits per heavy atom. The Morgan fingerprint density at radius 2 is 1.81 bits per heavy atom. The second kappa shape index (κ2) is 11.8. The number of nitrogens with one attached hydrogen (secondary N) is 1. The van der Waals surface area contributed by atoms with E-state index in [9.17, 15) is 15.0 Å². The van der Waals surface area contributed by atoms with Crippen LogP contribution in [-0.2, 0) is 9.53 Å². The van der Waals surface area contributed by atoms with Crippen LogP contribution in [0.15, 0.2) is 54.6 Å². The van der Waals surface area contributed by atoms with Crippen LogP contribution >= 0.6 is 0 Å². The predicted octanol–water partition coefficient (Wildman–Crippen LogP) is 1.73. The molecule has 2 aromatic carbocycles. The van der Waals surface area contributed by atoms with E-state index in [1.54, 1.807) is 30.3 Å². The highest BCUT2D eigenvalue weighted by Gasteiger charge is 2.06. The molecule has 0 aliphatic carbocycles. The molecule has 0 amide bonds. The molecule has 1 unspecified atom stereocenters. The molecule has 3 N–H and O–H groups in total. The lowest BCUT2D eigenvalue weighted by atomic mass is 10.3. The quantitative estimate of drug-likeness (QED) is 0.384. The smallest absolute Gasteiger partial charge is 0.344 e. The van der Waals surface area contributed by atoms with Gasteiger partial charge in [-0.05, 0) is 37.2 Å². The summed E-state index contributed by atoms with van der Waals surface area (Å²) in [4.78, 5) is 11.6. The Hall–Kier alpha value is -2.77. The van der Waals surface area contributed by atoms with Gasteiger partial charge in [-0.3, -0.25) is 0 Å². The van der Waals surface area contributed by atoms with E-state index in [-0.39, 0.29) is 25.6 Å². The van der Waals surface area contributed by atoms with Gasteiger partial charge in [0.2, 0.25) is 0 Å². The number of aromatic hydroxyl groups is 1. The number of rotatable bonds is 12. The summed E-state index contributed by atoms with van der Waals surface area (Å²) in [6.45, 7) is 1.21. The van der Waals surface area contributed by atoms with Crippen molar-refractivity contribution >= 4 is 5.97 Å². The Balaban J connectivity index is 1.46. The van der Waals surface area contributed by atoms with Crippen molar-refractivity contribution in [2.75, 3.05) is 32.9 Å². The summed E-state index contributed by atoms with van der Waals surface area (Å²) in [6.07, 6.45) is -0.0637. The number of aliphatic hydroxyl groups excluding tert-OH is 1. The van der Waals surface area contributed by atoms with Crippen LogP contribution in [0.3, 0.4) is 0 Å². The number of esters is 1. The van der Waals surface area contributed by atoms with E-state index in [0.29, 0.717) is 31.0 Å². The van der Waals surface area contributed by atoms with Gasteiger partial charge in [-0.25, -0.2) is 4.79 Å². The summed E-state index contributed by atoms with van der Waals surface area (Å²) >= 11 is 0. The zero-order chi connectivity index (χ0) is 19.3. The maximum Gasteiger partial charge on any atom is 0.344 e. The first-order valence-corrected chi connectivity index (χ1v) is 8.77. The SMILES string of the molecule is O=C(COc1ccccc1)OCCCNCC(O)COc1cccc(O)c1. The molecule has 7 heteroatoms. The number of carbonyl (C=O) groups excluding carboxylic acids is 1. The van der Waals surface area contributed by atoms with Crippen LogP contribution in [0.2, 0.25) is 0 Å². The number of hydrogen-bond donors (Lipinski definition) is 3. The number of hydrogen-bond acceptors (Lipinski definition) is 7. The first kappa shape index (κ1) is 20.5. The van der Waals surface area contributed by atoms with Crippen LogP contribution in [0.4, 0.5) is 0 Å². The normalized spacial score (nSPS) is 11.6. The van der Waals surface area contributed by atoms with Gasteiger partial charge in [-0.2, -0.15) is 0 Å². The minimum absolute atomic E-state index is 0.113. The molecule has 1 atom stereocenters. The lowest BCUT2D eigenvalue weighted by Gasteiger charge is -2.13. The first-order valence-electron chi connectivity index (χ1n) is 8.77. The highest BCUT2D eigenvalue weighted by Crippen LogP contribution is 2.17. The van der Waals surface area contributed by atoms with Crippen molar-refractivity contribution in [3.05, 3.63) is 54.6 Å². The molecule has 0 saturated heterocycles. The van der Waals surface area contributed by atoms with Gasteiger partial charge in [0.1, 0.15) is 30.0 Å². The third-order valence-corrected chi connectivity index (χ3v) is 3.50. The van der Waals surface area contributed by atoms with Crippen molar-refractivity contribution in [1.29, 1.82) is 0 Å². The zero-order valence-corrected chi connectivity index (χ0v) is 15.0. The van der Waals surface area contributed by atoms with E-state index < -0.39 is 12.1 Å². The van der Waals surface area contributed by atoms with E-state index in [1.165, 1.54) is 6.07 Å². The number of phenols is 1. The molecular weight excluding hydrogens is 350 g/mol. The summed E-state index contributed by atoms with van der Waals surface area (Å²) in [5, 5.41) is 22.2. The van der Waals surface area contributed by atoms with Crippen molar-refractivity contribution < 1.29 is 29.2 Å². The van der Waals surface area contributed by atoms with Gasteiger partial charge in [-0.15, -0.1) is 0 Å². The van der Waals surface area contributed by atoms with E-state index in [1.807, 2.05) is 18.2 Å². The Kier molecular flexibility index (Phi) is 8.95. The Bertz CT molecular complexity index is 679. The van der Waals surface area contributed by atoms with Crippen molar-refractivity contribution in [2.45, 2.75) is 12.5 Å². The van der Waals surface area contributed by atoms with E-state index in [2.05, 4.69) is 5.32 Å². The maximum absolute atomic E-state index is 11.6. The van der Waals surface area contributed by atoms with Crippen molar-refractivity contribution in [3.8, 4) is 17.2 Å². The van der Waals surface area contributed by atoms with Gasteiger partial charge in [0, 0.05) is 12.6 Å². The molecule has 0 radical (unpaired) electrons. The average molecular weight is 375 g/mol. The number of carbonyl (C=O) groups is 1. The third-order valence-electron chi connectivity index (χ3n) is 3.50. The van der Waals surface area contributed by atoms with Gasteiger partial charge >= 0.3 is 5.97 Å². The molecule has 7 nitrogen and oxygen atoms in total. The van der Waals surface area contributed by atoms with Crippen molar-refractivity contribution in [3.63, 3.8) is 0 Å². The number of para-hydroxylation sites is 1. The number of aliphatic hydroxyl groups is 1. The van der Waals surface area contributed by atoms with Crippen molar-refractivity contribution in [1.82, 2.24) is 5.32 Å². The molecule has 0 heterocycles. The fraction of sp³-hybridized carbons (Fsp3) is 0.350. The maximum atomic E-state index is 11.6. The number of benzene rings is 2. The molecule has 0 fully saturated rings. The van der Waals surface area contributed by atoms with Gasteiger partial charge in [0.05, 0.1) is 6.61 Å². The predicted molar refractivity (Wildman–Crippen MR) is 100.0 cm³/mol. The van der Waals surface area contributed by atoms with E-state index in [0.717, 1.165) is 0 Å². The van der Waals surface area contributed by atoms with Gasteiger partial charge in [0.25, 0.3) is 0 Å². The zero-order valence-electron chi connectivity index (χ0n) is 15.0. The van der Waals surface area contributed by atoms with Crippen LogP contribution in [0.1, 0.15) is 6.42 Å². The monoisotopic (exact) mass is 375 g/mol. The van der Waals surface area contributed by atoms with Crippen molar-refractivity contribution in [2.24, 2.45) is 0 Å². The van der Waals surface area contributed by atoms with Crippen LogP contribution < -0.4 is 14.8 Å². The summed E-state index contributed by atoms with van der Waals surface area (Å²) in [5.41, 5.74) is 0.